The first-order valence-corrected chi connectivity index (χ1v) is 5.18. The molecule has 1 aromatic carbocycles. The van der Waals surface area contributed by atoms with Crippen molar-refractivity contribution in [2.75, 3.05) is 0 Å². The zero-order valence-electron chi connectivity index (χ0n) is 9.62. The molecule has 0 radical (unpaired) electrons. The predicted molar refractivity (Wildman–Crippen MR) is 56.3 cm³/mol. The largest absolute Gasteiger partial charge is 0.479 e. The number of carboxylic acid groups (broad SMARTS) is 1. The summed E-state index contributed by atoms with van der Waals surface area (Å²) in [5, 5.41) is 8.59. The van der Waals surface area contributed by atoms with Gasteiger partial charge in [0.2, 0.25) is 17.4 Å². The van der Waals surface area contributed by atoms with Gasteiger partial charge in [0.05, 0.1) is 0 Å². The molecule has 106 valence electrons. The molecule has 20 heavy (non-hydrogen) atoms. The van der Waals surface area contributed by atoms with Gasteiger partial charge in [0, 0.05) is 6.07 Å². The highest BCUT2D eigenvalue weighted by Crippen LogP contribution is 2.27. The summed E-state index contributed by atoms with van der Waals surface area (Å²) in [6.45, 7) is -0.593. The van der Waals surface area contributed by atoms with Gasteiger partial charge in [-0.15, -0.1) is 0 Å². The van der Waals surface area contributed by atoms with E-state index in [0.717, 1.165) is 6.07 Å². The molecule has 0 saturated carbocycles. The molecule has 8 heteroatoms. The van der Waals surface area contributed by atoms with Crippen LogP contribution in [0.3, 0.4) is 0 Å². The zero-order chi connectivity index (χ0) is 14.9. The summed E-state index contributed by atoms with van der Waals surface area (Å²) >= 11 is 0. The van der Waals surface area contributed by atoms with Crippen molar-refractivity contribution < 1.29 is 36.6 Å². The van der Waals surface area contributed by atoms with Crippen molar-refractivity contribution in [3.05, 3.63) is 53.0 Å². The van der Waals surface area contributed by atoms with Crippen molar-refractivity contribution in [2.45, 2.75) is 6.61 Å². The van der Waals surface area contributed by atoms with Gasteiger partial charge in [0.1, 0.15) is 12.4 Å². The number of furan rings is 1. The van der Waals surface area contributed by atoms with Crippen LogP contribution in [0.25, 0.3) is 0 Å². The maximum atomic E-state index is 13.2. The summed E-state index contributed by atoms with van der Waals surface area (Å²) in [6.07, 6.45) is 0. The molecule has 0 aliphatic heterocycles. The zero-order valence-corrected chi connectivity index (χ0v) is 9.62. The molecule has 1 N–H and O–H groups in total. The fourth-order valence-electron chi connectivity index (χ4n) is 1.39. The van der Waals surface area contributed by atoms with Gasteiger partial charge < -0.3 is 14.3 Å². The number of hydrogen-bond acceptors (Lipinski definition) is 3. The quantitative estimate of drug-likeness (QED) is 0.694. The van der Waals surface area contributed by atoms with E-state index in [0.29, 0.717) is 0 Å². The van der Waals surface area contributed by atoms with Gasteiger partial charge in [0.15, 0.2) is 17.4 Å². The van der Waals surface area contributed by atoms with Gasteiger partial charge >= 0.3 is 5.97 Å². The average molecular weight is 290 g/mol. The van der Waals surface area contributed by atoms with Crippen LogP contribution in [-0.2, 0) is 6.61 Å². The second-order valence-electron chi connectivity index (χ2n) is 3.66. The molecule has 0 bridgehead atoms. The van der Waals surface area contributed by atoms with Crippen LogP contribution in [0.15, 0.2) is 22.6 Å². The van der Waals surface area contributed by atoms with Crippen molar-refractivity contribution in [1.29, 1.82) is 0 Å². The van der Waals surface area contributed by atoms with E-state index >= 15 is 0 Å². The first-order valence-electron chi connectivity index (χ1n) is 5.18. The Balaban J connectivity index is 2.20. The lowest BCUT2D eigenvalue weighted by atomic mass is 10.3. The Morgan fingerprint density at radius 1 is 1.15 bits per heavy atom. The van der Waals surface area contributed by atoms with Crippen LogP contribution in [0.1, 0.15) is 16.3 Å². The molecule has 2 rings (SSSR count). The van der Waals surface area contributed by atoms with E-state index < -0.39 is 47.4 Å². The van der Waals surface area contributed by atoms with Gasteiger partial charge in [0.25, 0.3) is 0 Å². The molecule has 4 nitrogen and oxygen atoms in total. The molecule has 1 aromatic heterocycles. The Morgan fingerprint density at radius 2 is 1.75 bits per heavy atom. The first-order chi connectivity index (χ1) is 9.40. The van der Waals surface area contributed by atoms with E-state index in [9.17, 15) is 22.4 Å². The lowest BCUT2D eigenvalue weighted by Crippen LogP contribution is -2.03. The van der Waals surface area contributed by atoms with Crippen LogP contribution >= 0.6 is 0 Å². The van der Waals surface area contributed by atoms with Crippen LogP contribution < -0.4 is 4.74 Å². The van der Waals surface area contributed by atoms with Gasteiger partial charge in [-0.3, -0.25) is 0 Å². The molecular weight excluding hydrogens is 284 g/mol. The number of hydrogen-bond donors (Lipinski definition) is 1. The van der Waals surface area contributed by atoms with Crippen molar-refractivity contribution >= 4 is 5.97 Å². The number of carbonyl (C=O) groups is 1. The number of benzene rings is 1. The van der Waals surface area contributed by atoms with Crippen LogP contribution in [0.5, 0.6) is 5.75 Å². The summed E-state index contributed by atoms with van der Waals surface area (Å²) in [7, 11) is 0. The minimum Gasteiger partial charge on any atom is -0.479 e. The third-order valence-electron chi connectivity index (χ3n) is 2.30. The Hall–Kier alpha value is -2.51. The molecular formula is C12H6F4O4. The minimum absolute atomic E-state index is 0.0486. The fraction of sp³-hybridized carbons (Fsp3) is 0.0833. The van der Waals surface area contributed by atoms with Crippen molar-refractivity contribution in [3.63, 3.8) is 0 Å². The van der Waals surface area contributed by atoms with Crippen molar-refractivity contribution in [1.82, 2.24) is 0 Å². The highest BCUT2D eigenvalue weighted by atomic mass is 19.2. The molecule has 0 spiro atoms. The molecule has 0 amide bonds. The summed E-state index contributed by atoms with van der Waals surface area (Å²) in [5.41, 5.74) is 0. The second kappa shape index (κ2) is 5.24. The molecule has 0 aliphatic rings. The number of halogens is 4. The molecule has 0 fully saturated rings. The molecule has 0 saturated heterocycles. The molecule has 0 aliphatic carbocycles. The summed E-state index contributed by atoms with van der Waals surface area (Å²) < 4.78 is 61.6. The number of ether oxygens (including phenoxy) is 1. The fourth-order valence-corrected chi connectivity index (χ4v) is 1.39. The summed E-state index contributed by atoms with van der Waals surface area (Å²) in [5.74, 6) is -9.65. The number of rotatable bonds is 4. The van der Waals surface area contributed by atoms with Crippen molar-refractivity contribution in [3.8, 4) is 5.75 Å². The monoisotopic (exact) mass is 290 g/mol. The van der Waals surface area contributed by atoms with Gasteiger partial charge in [-0.25, -0.2) is 13.6 Å². The van der Waals surface area contributed by atoms with Crippen LogP contribution in [0.4, 0.5) is 17.6 Å². The third-order valence-corrected chi connectivity index (χ3v) is 2.30. The highest BCUT2D eigenvalue weighted by molar-refractivity contribution is 5.84. The van der Waals surface area contributed by atoms with E-state index in [1.54, 1.807) is 0 Å². The van der Waals surface area contributed by atoms with E-state index in [-0.39, 0.29) is 11.8 Å². The molecule has 1 heterocycles. The Bertz CT molecular complexity index is 639. The number of carboxylic acids is 1. The summed E-state index contributed by atoms with van der Waals surface area (Å²) in [6, 6.07) is 2.34. The molecule has 0 unspecified atom stereocenters. The topological polar surface area (TPSA) is 59.7 Å². The average Bonchev–Trinajstić information content (AvgIpc) is 2.85. The normalized spacial score (nSPS) is 10.6. The van der Waals surface area contributed by atoms with E-state index in [1.807, 2.05) is 0 Å². The maximum absolute atomic E-state index is 13.2. The lowest BCUT2D eigenvalue weighted by molar-refractivity contribution is 0.0658. The Kier molecular flexibility index (Phi) is 3.64. The maximum Gasteiger partial charge on any atom is 0.371 e. The van der Waals surface area contributed by atoms with E-state index in [4.69, 9.17) is 9.52 Å². The molecule has 2 aromatic rings. The van der Waals surface area contributed by atoms with Crippen LogP contribution in [-0.4, -0.2) is 11.1 Å². The van der Waals surface area contributed by atoms with Gasteiger partial charge in [-0.2, -0.15) is 8.78 Å². The highest BCUT2D eigenvalue weighted by Gasteiger charge is 2.21. The minimum atomic E-state index is -1.69. The Morgan fingerprint density at radius 3 is 2.25 bits per heavy atom. The van der Waals surface area contributed by atoms with Crippen LogP contribution in [0.2, 0.25) is 0 Å². The van der Waals surface area contributed by atoms with E-state index in [1.165, 1.54) is 6.07 Å². The SMILES string of the molecule is O=C(O)c1ccc(COc2c(F)c(F)cc(F)c2F)o1. The smallest absolute Gasteiger partial charge is 0.371 e. The van der Waals surface area contributed by atoms with E-state index in [2.05, 4.69) is 4.74 Å². The van der Waals surface area contributed by atoms with Gasteiger partial charge in [-0.05, 0) is 12.1 Å². The lowest BCUT2D eigenvalue weighted by Gasteiger charge is -2.07. The second-order valence-corrected chi connectivity index (χ2v) is 3.66. The van der Waals surface area contributed by atoms with Crippen LogP contribution in [0, 0.1) is 23.3 Å². The Labute approximate surface area is 109 Å². The number of aromatic carboxylic acids is 1. The summed E-state index contributed by atoms with van der Waals surface area (Å²) in [4.78, 5) is 10.5. The van der Waals surface area contributed by atoms with Gasteiger partial charge in [-0.1, -0.05) is 0 Å². The molecule has 0 atom stereocenters. The first kappa shape index (κ1) is 13.9. The standard InChI is InChI=1S/C12H6F4O4/c13-6-3-7(14)10(16)11(9(6)15)19-4-5-1-2-8(20-5)12(17)18/h1-3H,4H2,(H,17,18). The third kappa shape index (κ3) is 2.58. The van der Waals surface area contributed by atoms with Crippen molar-refractivity contribution in [2.24, 2.45) is 0 Å². The predicted octanol–water partition coefficient (Wildman–Crippen LogP) is 3.11.